The van der Waals surface area contributed by atoms with Gasteiger partial charge >= 0.3 is 0 Å². The van der Waals surface area contributed by atoms with Gasteiger partial charge in [-0.05, 0) is 35.9 Å². The number of hydrogen-bond acceptors (Lipinski definition) is 5. The molecule has 156 valence electrons. The first-order chi connectivity index (χ1) is 15.1. The molecule has 1 aromatic heterocycles. The van der Waals surface area contributed by atoms with Gasteiger partial charge in [-0.15, -0.1) is 0 Å². The molecule has 0 saturated carbocycles. The van der Waals surface area contributed by atoms with Gasteiger partial charge in [0.15, 0.2) is 0 Å². The van der Waals surface area contributed by atoms with E-state index in [2.05, 4.69) is 11.0 Å². The Morgan fingerprint density at radius 3 is 2.65 bits per heavy atom. The van der Waals surface area contributed by atoms with E-state index in [9.17, 15) is 9.59 Å². The zero-order chi connectivity index (χ0) is 21.4. The van der Waals surface area contributed by atoms with Crippen LogP contribution in [0.4, 0.5) is 5.69 Å². The quantitative estimate of drug-likeness (QED) is 0.614. The first kappa shape index (κ1) is 19.6. The number of aromatic nitrogens is 1. The lowest BCUT2D eigenvalue weighted by Gasteiger charge is -2.27. The molecule has 31 heavy (non-hydrogen) atoms. The number of benzene rings is 2. The number of rotatable bonds is 3. The zero-order valence-corrected chi connectivity index (χ0v) is 17.4. The molecule has 0 bridgehead atoms. The highest BCUT2D eigenvalue weighted by molar-refractivity contribution is 6.26. The number of allylic oxidation sites excluding steroid dienone is 1. The van der Waals surface area contributed by atoms with Crippen LogP contribution in [0.5, 0.6) is 0 Å². The number of nitrogens with zero attached hydrogens (tertiary/aromatic N) is 3. The van der Waals surface area contributed by atoms with E-state index in [1.165, 1.54) is 11.8 Å². The van der Waals surface area contributed by atoms with E-state index < -0.39 is 0 Å². The molecule has 2 aliphatic heterocycles. The topological polar surface area (TPSA) is 62.7 Å². The van der Waals surface area contributed by atoms with Crippen molar-refractivity contribution >= 4 is 34.4 Å². The summed E-state index contributed by atoms with van der Waals surface area (Å²) < 4.78 is 5.48. The number of ketones is 1. The fraction of sp³-hybridized carbons (Fsp3) is 0.240. The number of carbonyl (C=O) groups is 2. The number of hydrogen-bond donors (Lipinski definition) is 0. The van der Waals surface area contributed by atoms with Crippen molar-refractivity contribution in [2.45, 2.75) is 13.5 Å². The first-order valence-electron chi connectivity index (χ1n) is 10.5. The van der Waals surface area contributed by atoms with Gasteiger partial charge in [0.05, 0.1) is 35.8 Å². The van der Waals surface area contributed by atoms with Crippen molar-refractivity contribution in [1.82, 2.24) is 9.88 Å². The predicted molar refractivity (Wildman–Crippen MR) is 120 cm³/mol. The van der Waals surface area contributed by atoms with Crippen LogP contribution < -0.4 is 4.90 Å². The Balaban J connectivity index is 1.59. The molecule has 0 spiro atoms. The maximum Gasteiger partial charge on any atom is 0.228 e. The standard InChI is InChI=1S/C25H23N3O3/c1-17(29)28-23-9-5-3-7-21(23)25(30)24(28)15-19-14-18(16-27-10-12-31-13-11-27)20-6-2-4-8-22(20)26-19/h2-9,14-15H,10-13,16H2,1H3/b24-15-. The largest absolute Gasteiger partial charge is 0.379 e. The molecule has 1 amide bonds. The lowest BCUT2D eigenvalue weighted by Crippen LogP contribution is -2.35. The normalized spacial score (nSPS) is 18.0. The van der Waals surface area contributed by atoms with Crippen molar-refractivity contribution in [1.29, 1.82) is 0 Å². The highest BCUT2D eigenvalue weighted by atomic mass is 16.5. The third-order valence-electron chi connectivity index (χ3n) is 5.78. The third kappa shape index (κ3) is 3.65. The molecule has 0 unspecified atom stereocenters. The first-order valence-corrected chi connectivity index (χ1v) is 10.5. The van der Waals surface area contributed by atoms with E-state index >= 15 is 0 Å². The minimum atomic E-state index is -0.195. The maximum absolute atomic E-state index is 13.1. The van der Waals surface area contributed by atoms with Crippen LogP contribution in [-0.4, -0.2) is 47.9 Å². The second-order valence-electron chi connectivity index (χ2n) is 7.84. The van der Waals surface area contributed by atoms with E-state index in [1.807, 2.05) is 36.4 Å². The fourth-order valence-corrected chi connectivity index (χ4v) is 4.31. The average Bonchev–Trinajstić information content (AvgIpc) is 3.06. The van der Waals surface area contributed by atoms with Crippen LogP contribution in [0, 0.1) is 0 Å². The van der Waals surface area contributed by atoms with Crippen LogP contribution in [0.15, 0.2) is 60.3 Å². The van der Waals surface area contributed by atoms with Gasteiger partial charge in [-0.3, -0.25) is 19.4 Å². The molecule has 0 N–H and O–H groups in total. The Morgan fingerprint density at radius 1 is 1.10 bits per heavy atom. The monoisotopic (exact) mass is 413 g/mol. The lowest BCUT2D eigenvalue weighted by molar-refractivity contribution is -0.116. The number of Topliss-reactive ketones (excluding diaryl/α,β-unsaturated/α-hetero) is 1. The summed E-state index contributed by atoms with van der Waals surface area (Å²) in [6.07, 6.45) is 1.74. The molecule has 0 atom stereocenters. The Hall–Kier alpha value is -3.35. The average molecular weight is 413 g/mol. The summed E-state index contributed by atoms with van der Waals surface area (Å²) in [4.78, 5) is 34.1. The summed E-state index contributed by atoms with van der Waals surface area (Å²) in [5.41, 5.74) is 4.20. The van der Waals surface area contributed by atoms with E-state index in [0.29, 0.717) is 22.6 Å². The van der Waals surface area contributed by atoms with Gasteiger partial charge in [0.2, 0.25) is 11.7 Å². The number of carbonyl (C=O) groups excluding carboxylic acids is 2. The molecule has 3 aromatic rings. The number of para-hydroxylation sites is 2. The molecule has 5 rings (SSSR count). The molecule has 6 nitrogen and oxygen atoms in total. The summed E-state index contributed by atoms with van der Waals surface area (Å²) in [5.74, 6) is -0.352. The Labute approximate surface area is 180 Å². The molecular weight excluding hydrogens is 390 g/mol. The number of amides is 1. The number of fused-ring (bicyclic) bond motifs is 2. The molecule has 6 heteroatoms. The fourth-order valence-electron chi connectivity index (χ4n) is 4.31. The van der Waals surface area contributed by atoms with Gasteiger partial charge in [0.1, 0.15) is 0 Å². The number of anilines is 1. The third-order valence-corrected chi connectivity index (χ3v) is 5.78. The van der Waals surface area contributed by atoms with E-state index in [4.69, 9.17) is 9.72 Å². The van der Waals surface area contributed by atoms with Gasteiger partial charge in [-0.25, -0.2) is 4.98 Å². The predicted octanol–water partition coefficient (Wildman–Crippen LogP) is 3.66. The number of pyridine rings is 1. The summed E-state index contributed by atoms with van der Waals surface area (Å²) >= 11 is 0. The summed E-state index contributed by atoms with van der Waals surface area (Å²) in [7, 11) is 0. The van der Waals surface area contributed by atoms with Crippen LogP contribution in [-0.2, 0) is 16.1 Å². The minimum absolute atomic E-state index is 0.157. The lowest BCUT2D eigenvalue weighted by atomic mass is 10.1. The van der Waals surface area contributed by atoms with Crippen molar-refractivity contribution < 1.29 is 14.3 Å². The van der Waals surface area contributed by atoms with Crippen LogP contribution in [0.1, 0.15) is 28.5 Å². The van der Waals surface area contributed by atoms with Crippen molar-refractivity contribution in [2.24, 2.45) is 0 Å². The molecule has 3 heterocycles. The number of morpholine rings is 1. The molecule has 2 aromatic carbocycles. The molecule has 1 saturated heterocycles. The van der Waals surface area contributed by atoms with Crippen LogP contribution >= 0.6 is 0 Å². The van der Waals surface area contributed by atoms with Gasteiger partial charge in [0, 0.05) is 37.5 Å². The molecule has 0 aliphatic carbocycles. The molecular formula is C25H23N3O3. The molecule has 1 fully saturated rings. The van der Waals surface area contributed by atoms with Gasteiger partial charge in [0.25, 0.3) is 0 Å². The Kier molecular flexibility index (Phi) is 5.10. The van der Waals surface area contributed by atoms with E-state index in [-0.39, 0.29) is 11.7 Å². The highest BCUT2D eigenvalue weighted by Gasteiger charge is 2.34. The molecule has 2 aliphatic rings. The smallest absolute Gasteiger partial charge is 0.228 e. The van der Waals surface area contributed by atoms with E-state index in [1.54, 1.807) is 18.2 Å². The Bertz CT molecular complexity index is 1210. The van der Waals surface area contributed by atoms with Crippen LogP contribution in [0.25, 0.3) is 17.0 Å². The minimum Gasteiger partial charge on any atom is -0.379 e. The summed E-state index contributed by atoms with van der Waals surface area (Å²) in [6, 6.07) is 17.3. The number of ether oxygens (including phenoxy) is 1. The molecule has 0 radical (unpaired) electrons. The van der Waals surface area contributed by atoms with Gasteiger partial charge in [-0.1, -0.05) is 30.3 Å². The SMILES string of the molecule is CC(=O)N1/C(=C\c2cc(CN3CCOCC3)c3ccccc3n2)C(=O)c2ccccc21. The second-order valence-corrected chi connectivity index (χ2v) is 7.84. The van der Waals surface area contributed by atoms with Crippen molar-refractivity contribution in [3.05, 3.63) is 77.1 Å². The van der Waals surface area contributed by atoms with Gasteiger partial charge < -0.3 is 4.74 Å². The highest BCUT2D eigenvalue weighted by Crippen LogP contribution is 2.35. The van der Waals surface area contributed by atoms with Crippen molar-refractivity contribution in [3.8, 4) is 0 Å². The van der Waals surface area contributed by atoms with Crippen molar-refractivity contribution in [2.75, 3.05) is 31.2 Å². The Morgan fingerprint density at radius 2 is 1.84 bits per heavy atom. The van der Waals surface area contributed by atoms with Gasteiger partial charge in [-0.2, -0.15) is 0 Å². The van der Waals surface area contributed by atoms with Crippen molar-refractivity contribution in [3.63, 3.8) is 0 Å². The van der Waals surface area contributed by atoms with Crippen LogP contribution in [0.3, 0.4) is 0 Å². The summed E-state index contributed by atoms with van der Waals surface area (Å²) in [5, 5.41) is 1.10. The zero-order valence-electron chi connectivity index (χ0n) is 17.4. The summed E-state index contributed by atoms with van der Waals surface area (Å²) in [6.45, 7) is 5.51. The van der Waals surface area contributed by atoms with Crippen LogP contribution in [0.2, 0.25) is 0 Å². The maximum atomic E-state index is 13.1. The second kappa shape index (κ2) is 8.06. The van der Waals surface area contributed by atoms with E-state index in [0.717, 1.165) is 49.3 Å².